The number of methoxy groups -OCH3 is 2. The van der Waals surface area contributed by atoms with Crippen LogP contribution in [0, 0.1) is 11.8 Å². The fourth-order valence-electron chi connectivity index (χ4n) is 6.89. The van der Waals surface area contributed by atoms with Gasteiger partial charge >= 0.3 is 0 Å². The second-order valence-corrected chi connectivity index (χ2v) is 12.4. The molecule has 1 amide bonds. The maximum Gasteiger partial charge on any atom is 0.222 e. The average molecular weight is 595 g/mol. The number of benzene rings is 2. The summed E-state index contributed by atoms with van der Waals surface area (Å²) in [6, 6.07) is 14.9. The monoisotopic (exact) mass is 594 g/mol. The summed E-state index contributed by atoms with van der Waals surface area (Å²) in [6.07, 6.45) is 7.32. The van der Waals surface area contributed by atoms with E-state index >= 15 is 0 Å². The van der Waals surface area contributed by atoms with Crippen molar-refractivity contribution in [3.63, 3.8) is 0 Å². The number of nitrogens with one attached hydrogen (secondary N) is 1. The van der Waals surface area contributed by atoms with Gasteiger partial charge in [-0.15, -0.1) is 0 Å². The van der Waals surface area contributed by atoms with Gasteiger partial charge in [0, 0.05) is 45.2 Å². The fourth-order valence-corrected chi connectivity index (χ4v) is 6.89. The Balaban J connectivity index is 1.22. The zero-order valence-electron chi connectivity index (χ0n) is 26.2. The van der Waals surface area contributed by atoms with Crippen molar-refractivity contribution in [1.29, 1.82) is 0 Å². The van der Waals surface area contributed by atoms with Crippen LogP contribution in [0.1, 0.15) is 68.9 Å². The van der Waals surface area contributed by atoms with E-state index in [-0.39, 0.29) is 30.0 Å². The first kappa shape index (κ1) is 31.6. The molecule has 1 saturated heterocycles. The van der Waals surface area contributed by atoms with Gasteiger partial charge in [0.05, 0.1) is 38.2 Å². The normalized spacial score (nSPS) is 24.2. The Labute approximate surface area is 257 Å². The lowest BCUT2D eigenvalue weighted by Gasteiger charge is -2.37. The maximum atomic E-state index is 12.9. The highest BCUT2D eigenvalue weighted by atomic mass is 16.5. The lowest BCUT2D eigenvalue weighted by molar-refractivity contribution is -0.125. The third-order valence-electron chi connectivity index (χ3n) is 9.33. The minimum atomic E-state index is -0.0232. The van der Waals surface area contributed by atoms with Crippen LogP contribution in [0.5, 0.6) is 11.5 Å². The first-order valence-electron chi connectivity index (χ1n) is 16.2. The molecule has 2 aromatic rings. The summed E-state index contributed by atoms with van der Waals surface area (Å²) in [6.45, 7) is 7.34. The highest BCUT2D eigenvalue weighted by Gasteiger charge is 2.34. The van der Waals surface area contributed by atoms with Crippen LogP contribution in [-0.4, -0.2) is 71.8 Å². The number of fused-ring (bicyclic) bond motifs is 1. The summed E-state index contributed by atoms with van der Waals surface area (Å²) in [5.41, 5.74) is 3.58. The fraction of sp³-hybridized carbons (Fsp3) is 0.629. The first-order chi connectivity index (χ1) is 21.0. The summed E-state index contributed by atoms with van der Waals surface area (Å²) in [4.78, 5) is 15.3. The van der Waals surface area contributed by atoms with Crippen LogP contribution < -0.4 is 19.7 Å². The van der Waals surface area contributed by atoms with E-state index in [4.69, 9.17) is 23.7 Å². The van der Waals surface area contributed by atoms with E-state index < -0.39 is 0 Å². The molecule has 236 valence electrons. The Hall–Kier alpha value is -2.81. The number of anilines is 1. The van der Waals surface area contributed by atoms with Crippen LogP contribution >= 0.6 is 0 Å². The van der Waals surface area contributed by atoms with Crippen molar-refractivity contribution in [3.05, 3.63) is 53.6 Å². The number of amides is 1. The van der Waals surface area contributed by atoms with Gasteiger partial charge in [0.2, 0.25) is 5.91 Å². The van der Waals surface area contributed by atoms with Gasteiger partial charge in [-0.3, -0.25) is 4.79 Å². The second-order valence-electron chi connectivity index (χ2n) is 12.4. The highest BCUT2D eigenvalue weighted by Crippen LogP contribution is 2.42. The smallest absolute Gasteiger partial charge is 0.222 e. The third-order valence-corrected chi connectivity index (χ3v) is 9.33. The molecule has 5 atom stereocenters. The first-order valence-corrected chi connectivity index (χ1v) is 16.2. The van der Waals surface area contributed by atoms with Crippen molar-refractivity contribution in [2.45, 2.75) is 76.6 Å². The Bertz CT molecular complexity index is 1150. The van der Waals surface area contributed by atoms with Gasteiger partial charge in [-0.2, -0.15) is 0 Å². The van der Waals surface area contributed by atoms with Crippen molar-refractivity contribution in [1.82, 2.24) is 5.32 Å². The van der Waals surface area contributed by atoms with Crippen LogP contribution in [0.15, 0.2) is 42.5 Å². The molecule has 0 spiro atoms. The van der Waals surface area contributed by atoms with Gasteiger partial charge in [-0.1, -0.05) is 25.1 Å². The van der Waals surface area contributed by atoms with Gasteiger partial charge < -0.3 is 33.9 Å². The molecule has 8 nitrogen and oxygen atoms in total. The summed E-state index contributed by atoms with van der Waals surface area (Å²) < 4.78 is 29.0. The van der Waals surface area contributed by atoms with Gasteiger partial charge in [-0.05, 0) is 86.3 Å². The molecular weight excluding hydrogens is 544 g/mol. The van der Waals surface area contributed by atoms with Crippen LogP contribution in [0.25, 0.3) is 0 Å². The Morgan fingerprint density at radius 3 is 2.72 bits per heavy atom. The van der Waals surface area contributed by atoms with E-state index in [1.165, 1.54) is 5.56 Å². The maximum absolute atomic E-state index is 12.9. The number of nitrogens with zero attached hydrogens (tertiary/aromatic N) is 1. The van der Waals surface area contributed by atoms with Gasteiger partial charge in [-0.25, -0.2) is 0 Å². The van der Waals surface area contributed by atoms with E-state index in [2.05, 4.69) is 47.5 Å². The summed E-state index contributed by atoms with van der Waals surface area (Å²) >= 11 is 0. The molecule has 8 heteroatoms. The van der Waals surface area contributed by atoms with E-state index in [9.17, 15) is 4.79 Å². The molecule has 2 aliphatic heterocycles. The molecule has 1 unspecified atom stereocenters. The number of rotatable bonds is 14. The number of carbonyl (C=O) groups excluding carboxylic acids is 1. The number of hydrogen-bond acceptors (Lipinski definition) is 7. The molecule has 5 rings (SSSR count). The summed E-state index contributed by atoms with van der Waals surface area (Å²) in [7, 11) is 3.45. The standard InChI is InChI=1S/C35H50N2O6/c1-25(35(38)36-23-30-6-4-18-41-30)20-26-7-13-33(31(21-26)28-9-11-29(40-3)12-10-28)43-24-27-8-14-34-32(22-27)37(16-19-42-34)15-5-17-39-2/h8-12,14,22,25-26,30-31,33H,4-7,13,15-21,23-24H2,1-3H3,(H,36,38)/t25?,26-,30-,31+,33-/m0/s1. The molecule has 1 N–H and O–H groups in total. The van der Waals surface area contributed by atoms with Crippen molar-refractivity contribution in [3.8, 4) is 11.5 Å². The van der Waals surface area contributed by atoms with Crippen LogP contribution in [0.4, 0.5) is 5.69 Å². The van der Waals surface area contributed by atoms with Gasteiger partial charge in [0.25, 0.3) is 0 Å². The van der Waals surface area contributed by atoms with Crippen molar-refractivity contribution < 1.29 is 28.5 Å². The van der Waals surface area contributed by atoms with Gasteiger partial charge in [0.1, 0.15) is 18.1 Å². The number of carbonyl (C=O) groups is 1. The second kappa shape index (κ2) is 15.8. The average Bonchev–Trinajstić information content (AvgIpc) is 3.57. The largest absolute Gasteiger partial charge is 0.497 e. The Morgan fingerprint density at radius 2 is 1.95 bits per heavy atom. The lowest BCUT2D eigenvalue weighted by atomic mass is 9.73. The van der Waals surface area contributed by atoms with Crippen molar-refractivity contribution >= 4 is 11.6 Å². The van der Waals surface area contributed by atoms with Crippen molar-refractivity contribution in [2.24, 2.45) is 11.8 Å². The molecule has 0 radical (unpaired) electrons. The van der Waals surface area contributed by atoms with Crippen LogP contribution in [0.3, 0.4) is 0 Å². The van der Waals surface area contributed by atoms with E-state index in [1.54, 1.807) is 14.2 Å². The summed E-state index contributed by atoms with van der Waals surface area (Å²) in [5.74, 6) is 2.65. The molecule has 0 aromatic heterocycles. The molecule has 2 fully saturated rings. The molecule has 2 aromatic carbocycles. The minimum absolute atomic E-state index is 0.0232. The molecule has 1 aliphatic carbocycles. The summed E-state index contributed by atoms with van der Waals surface area (Å²) in [5, 5.41) is 3.13. The molecule has 0 bridgehead atoms. The number of hydrogen-bond donors (Lipinski definition) is 1. The van der Waals surface area contributed by atoms with Crippen LogP contribution in [0.2, 0.25) is 0 Å². The quantitative estimate of drug-likeness (QED) is 0.280. The molecule has 1 saturated carbocycles. The zero-order valence-corrected chi connectivity index (χ0v) is 26.2. The Kier molecular flexibility index (Phi) is 11.6. The highest BCUT2D eigenvalue weighted by molar-refractivity contribution is 5.78. The predicted octanol–water partition coefficient (Wildman–Crippen LogP) is 5.72. The minimum Gasteiger partial charge on any atom is -0.497 e. The van der Waals surface area contributed by atoms with E-state index in [0.717, 1.165) is 94.0 Å². The zero-order chi connectivity index (χ0) is 30.0. The molecule has 2 heterocycles. The van der Waals surface area contributed by atoms with Gasteiger partial charge in [0.15, 0.2) is 0 Å². The van der Waals surface area contributed by atoms with Crippen molar-refractivity contribution in [2.75, 3.05) is 58.6 Å². The van der Waals surface area contributed by atoms with Crippen LogP contribution in [-0.2, 0) is 25.6 Å². The van der Waals surface area contributed by atoms with E-state index in [1.807, 2.05) is 12.1 Å². The third kappa shape index (κ3) is 8.64. The molecular formula is C35H50N2O6. The Morgan fingerprint density at radius 1 is 1.09 bits per heavy atom. The number of ether oxygens (including phenoxy) is 5. The predicted molar refractivity (Wildman–Crippen MR) is 168 cm³/mol. The molecule has 43 heavy (non-hydrogen) atoms. The van der Waals surface area contributed by atoms with E-state index in [0.29, 0.717) is 25.7 Å². The topological polar surface area (TPSA) is 78.5 Å². The SMILES string of the molecule is COCCCN1CCOc2ccc(CO[C@H]3CC[C@@H](CC(C)C(=O)NC[C@@H]4CCCO4)C[C@@H]3c3ccc(OC)cc3)cc21. The lowest BCUT2D eigenvalue weighted by Crippen LogP contribution is -2.37. The molecule has 3 aliphatic rings.